The van der Waals surface area contributed by atoms with Crippen LogP contribution in [0.1, 0.15) is 5.56 Å². The first-order chi connectivity index (χ1) is 4.84. The first kappa shape index (κ1) is 7.02. The number of aromatic nitrogens is 1. The van der Waals surface area contributed by atoms with Crippen LogP contribution < -0.4 is 5.84 Å². The summed E-state index contributed by atoms with van der Waals surface area (Å²) in [6.45, 7) is 0. The highest BCUT2D eigenvalue weighted by Crippen LogP contribution is 2.09. The van der Waals surface area contributed by atoms with E-state index in [0.717, 1.165) is 5.56 Å². The Balaban J connectivity index is 3.03. The molecule has 1 aromatic heterocycles. The quantitative estimate of drug-likeness (QED) is 0.374. The van der Waals surface area contributed by atoms with Crippen LogP contribution in [0.2, 0.25) is 5.02 Å². The number of nitrogens with zero attached hydrogens (tertiary/aromatic N) is 2. The van der Waals surface area contributed by atoms with Crippen LogP contribution in [0.5, 0.6) is 0 Å². The lowest BCUT2D eigenvalue weighted by atomic mass is 10.3. The first-order valence-electron chi connectivity index (χ1n) is 2.67. The molecule has 0 aliphatic carbocycles. The molecule has 0 unspecified atom stereocenters. The summed E-state index contributed by atoms with van der Waals surface area (Å²) in [5, 5.41) is 3.88. The van der Waals surface area contributed by atoms with Crippen molar-refractivity contribution in [1.29, 1.82) is 0 Å². The van der Waals surface area contributed by atoms with Crippen LogP contribution in [-0.4, -0.2) is 11.2 Å². The average Bonchev–Trinajstić information content (AvgIpc) is 1.94. The number of hydrogen-bond acceptors (Lipinski definition) is 3. The molecule has 1 aromatic rings. The first-order valence-corrected chi connectivity index (χ1v) is 3.05. The Morgan fingerprint density at radius 1 is 1.70 bits per heavy atom. The largest absolute Gasteiger partial charge is 0.323 e. The molecule has 0 fully saturated rings. The van der Waals surface area contributed by atoms with Crippen LogP contribution in [0.3, 0.4) is 0 Å². The molecular weight excluding hydrogens is 150 g/mol. The zero-order valence-corrected chi connectivity index (χ0v) is 5.92. The van der Waals surface area contributed by atoms with Gasteiger partial charge >= 0.3 is 0 Å². The minimum atomic E-state index is 0.553. The number of rotatable bonds is 1. The van der Waals surface area contributed by atoms with Crippen molar-refractivity contribution in [2.24, 2.45) is 10.9 Å². The molecule has 0 amide bonds. The summed E-state index contributed by atoms with van der Waals surface area (Å²) in [5.41, 5.74) is 0.777. The third-order valence-electron chi connectivity index (χ3n) is 1.02. The second-order valence-corrected chi connectivity index (χ2v) is 2.08. The minimum absolute atomic E-state index is 0.553. The van der Waals surface area contributed by atoms with Crippen molar-refractivity contribution >= 4 is 17.8 Å². The van der Waals surface area contributed by atoms with Crippen molar-refractivity contribution in [3.63, 3.8) is 0 Å². The summed E-state index contributed by atoms with van der Waals surface area (Å²) in [4.78, 5) is 3.79. The van der Waals surface area contributed by atoms with E-state index in [1.807, 2.05) is 0 Å². The number of halogens is 1. The molecule has 0 aliphatic rings. The van der Waals surface area contributed by atoms with Gasteiger partial charge in [0.15, 0.2) is 0 Å². The zero-order chi connectivity index (χ0) is 7.40. The van der Waals surface area contributed by atoms with Gasteiger partial charge in [0.25, 0.3) is 0 Å². The van der Waals surface area contributed by atoms with E-state index in [2.05, 4.69) is 10.1 Å². The highest BCUT2D eigenvalue weighted by Gasteiger charge is 1.92. The van der Waals surface area contributed by atoms with E-state index in [4.69, 9.17) is 17.4 Å². The fraction of sp³-hybridized carbons (Fsp3) is 0. The maximum absolute atomic E-state index is 5.69. The molecule has 1 heterocycles. The van der Waals surface area contributed by atoms with Crippen LogP contribution in [0, 0.1) is 0 Å². The van der Waals surface area contributed by atoms with Gasteiger partial charge in [-0.2, -0.15) is 5.10 Å². The lowest BCUT2D eigenvalue weighted by molar-refractivity contribution is 1.26. The van der Waals surface area contributed by atoms with Gasteiger partial charge in [-0.25, -0.2) is 0 Å². The molecule has 0 bridgehead atoms. The van der Waals surface area contributed by atoms with Gasteiger partial charge in [-0.3, -0.25) is 4.98 Å². The summed E-state index contributed by atoms with van der Waals surface area (Å²) in [7, 11) is 0. The topological polar surface area (TPSA) is 51.3 Å². The van der Waals surface area contributed by atoms with Gasteiger partial charge in [0, 0.05) is 18.0 Å². The third kappa shape index (κ3) is 1.45. The molecular formula is C6H6ClN3. The maximum atomic E-state index is 5.69. The zero-order valence-electron chi connectivity index (χ0n) is 5.16. The predicted octanol–water partition coefficient (Wildman–Crippen LogP) is 1.03. The van der Waals surface area contributed by atoms with Gasteiger partial charge in [-0.05, 0) is 6.07 Å². The predicted molar refractivity (Wildman–Crippen MR) is 41.0 cm³/mol. The fourth-order valence-electron chi connectivity index (χ4n) is 0.571. The fourth-order valence-corrected chi connectivity index (χ4v) is 0.739. The van der Waals surface area contributed by atoms with Crippen LogP contribution in [0.25, 0.3) is 0 Å². The minimum Gasteiger partial charge on any atom is -0.323 e. The van der Waals surface area contributed by atoms with E-state index in [1.165, 1.54) is 6.21 Å². The van der Waals surface area contributed by atoms with Crippen molar-refractivity contribution in [1.82, 2.24) is 4.98 Å². The highest BCUT2D eigenvalue weighted by molar-refractivity contribution is 6.32. The van der Waals surface area contributed by atoms with Crippen LogP contribution in [0.4, 0.5) is 0 Å². The van der Waals surface area contributed by atoms with Crippen molar-refractivity contribution in [2.45, 2.75) is 0 Å². The number of hydrazone groups is 1. The Morgan fingerprint density at radius 2 is 2.50 bits per heavy atom. The van der Waals surface area contributed by atoms with Crippen molar-refractivity contribution < 1.29 is 0 Å². The van der Waals surface area contributed by atoms with Gasteiger partial charge in [-0.1, -0.05) is 11.6 Å². The van der Waals surface area contributed by atoms with Crippen molar-refractivity contribution in [3.05, 3.63) is 29.0 Å². The van der Waals surface area contributed by atoms with E-state index in [0.29, 0.717) is 5.02 Å². The second-order valence-electron chi connectivity index (χ2n) is 1.68. The molecule has 0 saturated carbocycles. The lowest BCUT2D eigenvalue weighted by Crippen LogP contribution is -1.87. The Morgan fingerprint density at radius 3 is 3.10 bits per heavy atom. The molecule has 0 aliphatic heterocycles. The van der Waals surface area contributed by atoms with Gasteiger partial charge in [-0.15, -0.1) is 0 Å². The SMILES string of the molecule is NN=Cc1ccncc1Cl. The molecule has 52 valence electrons. The Bertz CT molecular complexity index is 247. The van der Waals surface area contributed by atoms with E-state index < -0.39 is 0 Å². The van der Waals surface area contributed by atoms with E-state index in [-0.39, 0.29) is 0 Å². The summed E-state index contributed by atoms with van der Waals surface area (Å²) in [6, 6.07) is 1.73. The molecule has 0 atom stereocenters. The summed E-state index contributed by atoms with van der Waals surface area (Å²) in [6.07, 6.45) is 4.64. The van der Waals surface area contributed by atoms with Crippen molar-refractivity contribution in [3.8, 4) is 0 Å². The molecule has 0 aromatic carbocycles. The molecule has 10 heavy (non-hydrogen) atoms. The molecule has 0 saturated heterocycles. The van der Waals surface area contributed by atoms with Crippen LogP contribution in [-0.2, 0) is 0 Å². The van der Waals surface area contributed by atoms with Crippen molar-refractivity contribution in [2.75, 3.05) is 0 Å². The molecule has 2 N–H and O–H groups in total. The Hall–Kier alpha value is -1.09. The molecule has 1 rings (SSSR count). The lowest BCUT2D eigenvalue weighted by Gasteiger charge is -1.92. The summed E-state index contributed by atoms with van der Waals surface area (Å²) < 4.78 is 0. The number of hydrogen-bond donors (Lipinski definition) is 1. The highest BCUT2D eigenvalue weighted by atomic mass is 35.5. The van der Waals surface area contributed by atoms with E-state index in [9.17, 15) is 0 Å². The summed E-state index contributed by atoms with van der Waals surface area (Å²) in [5.74, 6) is 4.92. The second kappa shape index (κ2) is 3.17. The standard InChI is InChI=1S/C6H6ClN3/c7-6-4-9-2-1-5(6)3-10-8/h1-4H,8H2. The molecule has 0 radical (unpaired) electrons. The number of pyridine rings is 1. The normalized spacial score (nSPS) is 10.5. The van der Waals surface area contributed by atoms with Crippen LogP contribution >= 0.6 is 11.6 Å². The van der Waals surface area contributed by atoms with Gasteiger partial charge in [0.05, 0.1) is 11.2 Å². The van der Waals surface area contributed by atoms with E-state index in [1.54, 1.807) is 18.5 Å². The Labute approximate surface area is 63.5 Å². The Kier molecular flexibility index (Phi) is 2.23. The average molecular weight is 156 g/mol. The molecule has 3 nitrogen and oxygen atoms in total. The van der Waals surface area contributed by atoms with Gasteiger partial charge < -0.3 is 5.84 Å². The summed E-state index contributed by atoms with van der Waals surface area (Å²) >= 11 is 5.69. The van der Waals surface area contributed by atoms with Gasteiger partial charge in [0.1, 0.15) is 0 Å². The monoisotopic (exact) mass is 155 g/mol. The molecule has 0 spiro atoms. The number of nitrogens with two attached hydrogens (primary N) is 1. The van der Waals surface area contributed by atoms with Crippen LogP contribution in [0.15, 0.2) is 23.6 Å². The third-order valence-corrected chi connectivity index (χ3v) is 1.33. The van der Waals surface area contributed by atoms with E-state index >= 15 is 0 Å². The maximum Gasteiger partial charge on any atom is 0.0677 e. The van der Waals surface area contributed by atoms with Gasteiger partial charge in [0.2, 0.25) is 0 Å². The smallest absolute Gasteiger partial charge is 0.0677 e. The molecule has 4 heteroatoms.